The maximum Gasteiger partial charge on any atom is 0.220 e. The third-order valence-electron chi connectivity index (χ3n) is 3.04. The summed E-state index contributed by atoms with van der Waals surface area (Å²) in [7, 11) is 1.66. The Labute approximate surface area is 127 Å². The normalized spacial score (nSPS) is 11.3. The fraction of sp³-hybridized carbons (Fsp3) is 0.533. The van der Waals surface area contributed by atoms with Gasteiger partial charge in [0.15, 0.2) is 0 Å². The number of nitrogens with two attached hydrogens (primary N) is 1. The number of aryl methyl sites for hydroxylation is 1. The molecule has 3 N–H and O–H groups in total. The third-order valence-corrected chi connectivity index (χ3v) is 3.04. The number of amides is 1. The number of nitrogens with one attached hydrogen (secondary N) is 1. The molecular weight excluding hydrogens is 276 g/mol. The van der Waals surface area contributed by atoms with Gasteiger partial charge < -0.3 is 15.8 Å². The predicted molar refractivity (Wildman–Crippen MR) is 84.5 cm³/mol. The van der Waals surface area contributed by atoms with Crippen molar-refractivity contribution in [3.05, 3.63) is 29.8 Å². The number of hydrogen-bond acceptors (Lipinski definition) is 3. The SMILES string of the molecule is COc1ccc(CCC(C)NC(=O)CCCN)cc1.Cl. The Morgan fingerprint density at radius 3 is 2.55 bits per heavy atom. The highest BCUT2D eigenvalue weighted by Crippen LogP contribution is 2.13. The summed E-state index contributed by atoms with van der Waals surface area (Å²) in [6.45, 7) is 2.59. The lowest BCUT2D eigenvalue weighted by molar-refractivity contribution is -0.121. The van der Waals surface area contributed by atoms with Crippen LogP contribution in [-0.4, -0.2) is 25.6 Å². The smallest absolute Gasteiger partial charge is 0.220 e. The molecule has 5 heteroatoms. The second-order valence-corrected chi connectivity index (χ2v) is 4.75. The molecule has 0 spiro atoms. The molecular formula is C15H25ClN2O2. The van der Waals surface area contributed by atoms with Crippen molar-refractivity contribution in [2.45, 2.75) is 38.6 Å². The highest BCUT2D eigenvalue weighted by molar-refractivity contribution is 5.85. The van der Waals surface area contributed by atoms with Crippen LogP contribution in [0.15, 0.2) is 24.3 Å². The van der Waals surface area contributed by atoms with Gasteiger partial charge in [0.2, 0.25) is 5.91 Å². The topological polar surface area (TPSA) is 64.3 Å². The highest BCUT2D eigenvalue weighted by atomic mass is 35.5. The van der Waals surface area contributed by atoms with Gasteiger partial charge in [-0.15, -0.1) is 12.4 Å². The number of hydrogen-bond donors (Lipinski definition) is 2. The van der Waals surface area contributed by atoms with Crippen molar-refractivity contribution < 1.29 is 9.53 Å². The number of benzene rings is 1. The molecule has 0 fully saturated rings. The van der Waals surface area contributed by atoms with Gasteiger partial charge in [0.25, 0.3) is 0 Å². The molecule has 20 heavy (non-hydrogen) atoms. The Morgan fingerprint density at radius 1 is 1.35 bits per heavy atom. The lowest BCUT2D eigenvalue weighted by atomic mass is 10.1. The van der Waals surface area contributed by atoms with Gasteiger partial charge in [-0.2, -0.15) is 0 Å². The van der Waals surface area contributed by atoms with Crippen LogP contribution in [0.1, 0.15) is 31.7 Å². The van der Waals surface area contributed by atoms with E-state index >= 15 is 0 Å². The van der Waals surface area contributed by atoms with Crippen LogP contribution in [0.25, 0.3) is 0 Å². The summed E-state index contributed by atoms with van der Waals surface area (Å²) in [4.78, 5) is 11.5. The molecule has 0 saturated carbocycles. The van der Waals surface area contributed by atoms with Crippen molar-refractivity contribution in [2.24, 2.45) is 5.73 Å². The van der Waals surface area contributed by atoms with Crippen molar-refractivity contribution in [3.63, 3.8) is 0 Å². The maximum atomic E-state index is 11.5. The molecule has 0 saturated heterocycles. The summed E-state index contributed by atoms with van der Waals surface area (Å²) < 4.78 is 5.12. The molecule has 0 radical (unpaired) electrons. The van der Waals surface area contributed by atoms with E-state index < -0.39 is 0 Å². The minimum Gasteiger partial charge on any atom is -0.497 e. The first-order valence-corrected chi connectivity index (χ1v) is 6.78. The van der Waals surface area contributed by atoms with Crippen LogP contribution in [0, 0.1) is 0 Å². The highest BCUT2D eigenvalue weighted by Gasteiger charge is 2.07. The van der Waals surface area contributed by atoms with E-state index in [1.807, 2.05) is 19.1 Å². The average molecular weight is 301 g/mol. The Kier molecular flexibility index (Phi) is 9.86. The van der Waals surface area contributed by atoms with E-state index in [9.17, 15) is 4.79 Å². The summed E-state index contributed by atoms with van der Waals surface area (Å²) in [6, 6.07) is 8.22. The number of methoxy groups -OCH3 is 1. The van der Waals surface area contributed by atoms with Gasteiger partial charge in [-0.25, -0.2) is 0 Å². The zero-order chi connectivity index (χ0) is 14.1. The van der Waals surface area contributed by atoms with E-state index in [4.69, 9.17) is 10.5 Å². The van der Waals surface area contributed by atoms with Gasteiger partial charge in [0.1, 0.15) is 5.75 Å². The molecule has 0 aliphatic rings. The number of carbonyl (C=O) groups excluding carboxylic acids is 1. The van der Waals surface area contributed by atoms with Crippen molar-refractivity contribution >= 4 is 18.3 Å². The molecule has 0 bridgehead atoms. The average Bonchev–Trinajstić information content (AvgIpc) is 2.43. The van der Waals surface area contributed by atoms with Crippen LogP contribution in [0.2, 0.25) is 0 Å². The van der Waals surface area contributed by atoms with Crippen LogP contribution >= 0.6 is 12.4 Å². The van der Waals surface area contributed by atoms with Crippen LogP contribution in [0.5, 0.6) is 5.75 Å². The summed E-state index contributed by atoms with van der Waals surface area (Å²) in [6.07, 6.45) is 3.14. The standard InChI is InChI=1S/C15H24N2O2.ClH/c1-12(17-15(18)4-3-11-16)5-6-13-7-9-14(19-2)10-8-13;/h7-10,12H,3-6,11,16H2,1-2H3,(H,17,18);1H. The van der Waals surface area contributed by atoms with Gasteiger partial charge in [-0.1, -0.05) is 12.1 Å². The van der Waals surface area contributed by atoms with Gasteiger partial charge in [0.05, 0.1) is 7.11 Å². The first kappa shape index (κ1) is 18.7. The lowest BCUT2D eigenvalue weighted by Gasteiger charge is -2.13. The molecule has 0 heterocycles. The maximum absolute atomic E-state index is 11.5. The Bertz CT molecular complexity index is 382. The Balaban J connectivity index is 0.00000361. The molecule has 1 amide bonds. The molecule has 1 unspecified atom stereocenters. The molecule has 1 rings (SSSR count). The zero-order valence-electron chi connectivity index (χ0n) is 12.2. The fourth-order valence-corrected chi connectivity index (χ4v) is 1.86. The number of rotatable bonds is 8. The molecule has 114 valence electrons. The monoisotopic (exact) mass is 300 g/mol. The van der Waals surface area contributed by atoms with E-state index in [0.29, 0.717) is 13.0 Å². The second-order valence-electron chi connectivity index (χ2n) is 4.75. The largest absolute Gasteiger partial charge is 0.497 e. The zero-order valence-corrected chi connectivity index (χ0v) is 13.0. The first-order valence-electron chi connectivity index (χ1n) is 6.78. The summed E-state index contributed by atoms with van der Waals surface area (Å²) in [5.41, 5.74) is 6.63. The minimum atomic E-state index is 0. The summed E-state index contributed by atoms with van der Waals surface area (Å²) in [5.74, 6) is 0.958. The third kappa shape index (κ3) is 7.36. The molecule has 4 nitrogen and oxygen atoms in total. The molecule has 1 aromatic rings. The second kappa shape index (κ2) is 10.5. The van der Waals surface area contributed by atoms with E-state index in [2.05, 4.69) is 17.4 Å². The Hall–Kier alpha value is -1.26. The molecule has 0 aromatic heterocycles. The molecule has 1 atom stereocenters. The van der Waals surface area contributed by atoms with Gasteiger partial charge in [-0.05, 0) is 50.4 Å². The van der Waals surface area contributed by atoms with Crippen LogP contribution in [0.4, 0.5) is 0 Å². The van der Waals surface area contributed by atoms with Crippen molar-refractivity contribution in [1.29, 1.82) is 0 Å². The summed E-state index contributed by atoms with van der Waals surface area (Å²) >= 11 is 0. The molecule has 0 aliphatic carbocycles. The van der Waals surface area contributed by atoms with Gasteiger partial charge in [-0.3, -0.25) is 4.79 Å². The first-order chi connectivity index (χ1) is 9.15. The summed E-state index contributed by atoms with van der Waals surface area (Å²) in [5, 5.41) is 2.99. The van der Waals surface area contributed by atoms with Gasteiger partial charge in [0, 0.05) is 12.5 Å². The fourth-order valence-electron chi connectivity index (χ4n) is 1.86. The van der Waals surface area contributed by atoms with Crippen molar-refractivity contribution in [2.75, 3.05) is 13.7 Å². The molecule has 0 aliphatic heterocycles. The van der Waals surface area contributed by atoms with Crippen LogP contribution < -0.4 is 15.8 Å². The minimum absolute atomic E-state index is 0. The number of halogens is 1. The lowest BCUT2D eigenvalue weighted by Crippen LogP contribution is -2.33. The van der Waals surface area contributed by atoms with E-state index in [1.165, 1.54) is 5.56 Å². The van der Waals surface area contributed by atoms with E-state index in [-0.39, 0.29) is 24.4 Å². The quantitative estimate of drug-likeness (QED) is 0.774. The predicted octanol–water partition coefficient (Wildman–Crippen LogP) is 2.29. The molecule has 1 aromatic carbocycles. The van der Waals surface area contributed by atoms with E-state index in [0.717, 1.165) is 25.0 Å². The Morgan fingerprint density at radius 2 is 2.00 bits per heavy atom. The van der Waals surface area contributed by atoms with Crippen molar-refractivity contribution in [3.8, 4) is 5.75 Å². The number of ether oxygens (including phenoxy) is 1. The van der Waals surface area contributed by atoms with Crippen molar-refractivity contribution in [1.82, 2.24) is 5.32 Å². The van der Waals surface area contributed by atoms with E-state index in [1.54, 1.807) is 7.11 Å². The van der Waals surface area contributed by atoms with Gasteiger partial charge >= 0.3 is 0 Å². The number of carbonyl (C=O) groups is 1. The van der Waals surface area contributed by atoms with Crippen LogP contribution in [-0.2, 0) is 11.2 Å². The van der Waals surface area contributed by atoms with Crippen LogP contribution in [0.3, 0.4) is 0 Å².